The number of amides is 1. The van der Waals surface area contributed by atoms with Crippen molar-refractivity contribution in [2.75, 3.05) is 24.2 Å². The van der Waals surface area contributed by atoms with Crippen LogP contribution in [0.25, 0.3) is 0 Å². The van der Waals surface area contributed by atoms with Gasteiger partial charge < -0.3 is 21.9 Å². The van der Waals surface area contributed by atoms with Crippen molar-refractivity contribution in [2.24, 2.45) is 5.73 Å². The van der Waals surface area contributed by atoms with Crippen molar-refractivity contribution < 1.29 is 9.90 Å². The van der Waals surface area contributed by atoms with E-state index in [0.717, 1.165) is 18.0 Å². The minimum atomic E-state index is -0.578. The molecule has 0 fully saturated rings. The number of aliphatic hydroxyl groups excluding tert-OH is 1. The summed E-state index contributed by atoms with van der Waals surface area (Å²) in [5.74, 6) is -0.414. The number of nitrogen functional groups attached to an aromatic ring is 1. The Morgan fingerprint density at radius 2 is 2.27 bits per heavy atom. The van der Waals surface area contributed by atoms with E-state index in [1.165, 1.54) is 0 Å². The van der Waals surface area contributed by atoms with Gasteiger partial charge in [-0.25, -0.2) is 0 Å². The van der Waals surface area contributed by atoms with Crippen LogP contribution in [0.1, 0.15) is 23.2 Å². The van der Waals surface area contributed by atoms with E-state index >= 15 is 0 Å². The van der Waals surface area contributed by atoms with E-state index in [0.29, 0.717) is 18.0 Å². The zero-order valence-corrected chi connectivity index (χ0v) is 9.01. The van der Waals surface area contributed by atoms with Gasteiger partial charge in [0, 0.05) is 13.2 Å². The Hall–Kier alpha value is -1.34. The molecule has 84 valence electrons. The topological polar surface area (TPSA) is 114 Å². The van der Waals surface area contributed by atoms with Gasteiger partial charge in [0.15, 0.2) is 5.82 Å². The van der Waals surface area contributed by atoms with Crippen LogP contribution in [0, 0.1) is 0 Å². The first kappa shape index (κ1) is 11.7. The fourth-order valence-corrected chi connectivity index (χ4v) is 1.84. The fourth-order valence-electron chi connectivity index (χ4n) is 1.10. The SMILES string of the molecule is NC(=O)c1c(N)nsc1NCCCCO. The van der Waals surface area contributed by atoms with Gasteiger partial charge in [0.1, 0.15) is 10.6 Å². The number of anilines is 2. The Morgan fingerprint density at radius 3 is 2.87 bits per heavy atom. The van der Waals surface area contributed by atoms with Gasteiger partial charge in [-0.15, -0.1) is 0 Å². The summed E-state index contributed by atoms with van der Waals surface area (Å²) >= 11 is 1.11. The third kappa shape index (κ3) is 3.07. The maximum absolute atomic E-state index is 11.0. The molecule has 6 nitrogen and oxygen atoms in total. The molecule has 1 aromatic heterocycles. The third-order valence-corrected chi connectivity index (χ3v) is 2.65. The van der Waals surface area contributed by atoms with Gasteiger partial charge in [-0.1, -0.05) is 0 Å². The Labute approximate surface area is 91.4 Å². The van der Waals surface area contributed by atoms with E-state index in [-0.39, 0.29) is 18.0 Å². The Bertz CT molecular complexity index is 339. The molecule has 6 N–H and O–H groups in total. The highest BCUT2D eigenvalue weighted by molar-refractivity contribution is 7.11. The van der Waals surface area contributed by atoms with Crippen molar-refractivity contribution in [3.05, 3.63) is 5.56 Å². The molecule has 0 atom stereocenters. The summed E-state index contributed by atoms with van der Waals surface area (Å²) in [5.41, 5.74) is 10.9. The van der Waals surface area contributed by atoms with E-state index in [9.17, 15) is 4.79 Å². The molecule has 0 radical (unpaired) electrons. The number of carbonyl (C=O) groups excluding carboxylic acids is 1. The van der Waals surface area contributed by atoms with Crippen LogP contribution in [-0.4, -0.2) is 28.5 Å². The van der Waals surface area contributed by atoms with Crippen LogP contribution in [0.4, 0.5) is 10.8 Å². The number of primary amides is 1. The van der Waals surface area contributed by atoms with Gasteiger partial charge in [0.05, 0.1) is 0 Å². The zero-order valence-electron chi connectivity index (χ0n) is 8.19. The summed E-state index contributed by atoms with van der Waals surface area (Å²) in [6, 6.07) is 0. The number of nitrogens with two attached hydrogens (primary N) is 2. The maximum atomic E-state index is 11.0. The van der Waals surface area contributed by atoms with Crippen molar-refractivity contribution in [1.82, 2.24) is 4.37 Å². The van der Waals surface area contributed by atoms with Crippen LogP contribution < -0.4 is 16.8 Å². The van der Waals surface area contributed by atoms with Crippen molar-refractivity contribution in [1.29, 1.82) is 0 Å². The number of hydrogen-bond donors (Lipinski definition) is 4. The van der Waals surface area contributed by atoms with Crippen molar-refractivity contribution >= 4 is 28.3 Å². The Balaban J connectivity index is 2.57. The predicted octanol–water partition coefficient (Wildman–Crippen LogP) is 0.00860. The molecule has 1 heterocycles. The monoisotopic (exact) mass is 230 g/mol. The average Bonchev–Trinajstić information content (AvgIpc) is 2.54. The second-order valence-electron chi connectivity index (χ2n) is 2.99. The van der Waals surface area contributed by atoms with E-state index in [1.807, 2.05) is 0 Å². The van der Waals surface area contributed by atoms with Crippen LogP contribution in [0.2, 0.25) is 0 Å². The van der Waals surface area contributed by atoms with Gasteiger partial charge in [-0.3, -0.25) is 4.79 Å². The third-order valence-electron chi connectivity index (χ3n) is 1.84. The molecule has 0 unspecified atom stereocenters. The molecule has 0 saturated heterocycles. The van der Waals surface area contributed by atoms with Crippen molar-refractivity contribution in [3.63, 3.8) is 0 Å². The van der Waals surface area contributed by atoms with E-state index in [4.69, 9.17) is 16.6 Å². The number of aromatic nitrogens is 1. The normalized spacial score (nSPS) is 10.2. The number of nitrogens with one attached hydrogen (secondary N) is 1. The molecule has 0 aliphatic carbocycles. The molecule has 1 amide bonds. The first-order valence-corrected chi connectivity index (χ1v) is 5.33. The summed E-state index contributed by atoms with van der Waals surface area (Å²) in [4.78, 5) is 11.0. The summed E-state index contributed by atoms with van der Waals surface area (Å²) < 4.78 is 3.84. The van der Waals surface area contributed by atoms with Crippen LogP contribution in [0.5, 0.6) is 0 Å². The molecular formula is C8H14N4O2S. The lowest BCUT2D eigenvalue weighted by molar-refractivity contribution is 0.100. The number of nitrogens with zero attached hydrogens (tertiary/aromatic N) is 1. The molecule has 0 aliphatic rings. The van der Waals surface area contributed by atoms with Crippen molar-refractivity contribution in [3.8, 4) is 0 Å². The first-order valence-electron chi connectivity index (χ1n) is 4.56. The van der Waals surface area contributed by atoms with E-state index in [2.05, 4.69) is 9.69 Å². The van der Waals surface area contributed by atoms with E-state index < -0.39 is 5.91 Å². The minimum Gasteiger partial charge on any atom is -0.396 e. The Kier molecular flexibility index (Phi) is 4.32. The highest BCUT2D eigenvalue weighted by Gasteiger charge is 2.15. The molecule has 0 aliphatic heterocycles. The van der Waals surface area contributed by atoms with Crippen molar-refractivity contribution in [2.45, 2.75) is 12.8 Å². The second-order valence-corrected chi connectivity index (χ2v) is 3.77. The summed E-state index contributed by atoms with van der Waals surface area (Å²) in [5, 5.41) is 12.2. The molecule has 0 saturated carbocycles. The minimum absolute atomic E-state index is 0.162. The molecule has 1 aromatic rings. The van der Waals surface area contributed by atoms with Gasteiger partial charge in [0.2, 0.25) is 0 Å². The second kappa shape index (κ2) is 5.52. The van der Waals surface area contributed by atoms with Gasteiger partial charge in [-0.05, 0) is 24.4 Å². The standard InChI is InChI=1S/C8H14N4O2S/c9-6-5(7(10)14)8(15-12-6)11-3-1-2-4-13/h11,13H,1-4H2,(H2,9,12)(H2,10,14). The van der Waals surface area contributed by atoms with E-state index in [1.54, 1.807) is 0 Å². The first-order chi connectivity index (χ1) is 7.16. The van der Waals surface area contributed by atoms with Gasteiger partial charge in [0.25, 0.3) is 5.91 Å². The average molecular weight is 230 g/mol. The molecule has 0 bridgehead atoms. The number of rotatable bonds is 6. The highest BCUT2D eigenvalue weighted by atomic mass is 32.1. The molecule has 1 rings (SSSR count). The molecular weight excluding hydrogens is 216 g/mol. The molecule has 15 heavy (non-hydrogen) atoms. The van der Waals surface area contributed by atoms with Gasteiger partial charge >= 0.3 is 0 Å². The van der Waals surface area contributed by atoms with Crippen LogP contribution >= 0.6 is 11.5 Å². The van der Waals surface area contributed by atoms with Crippen LogP contribution in [0.3, 0.4) is 0 Å². The predicted molar refractivity (Wildman–Crippen MR) is 59.9 cm³/mol. The largest absolute Gasteiger partial charge is 0.396 e. The summed E-state index contributed by atoms with van der Waals surface area (Å²) in [6.45, 7) is 0.817. The molecule has 7 heteroatoms. The lowest BCUT2D eigenvalue weighted by atomic mass is 10.3. The zero-order chi connectivity index (χ0) is 11.3. The number of hydrogen-bond acceptors (Lipinski definition) is 6. The fraction of sp³-hybridized carbons (Fsp3) is 0.500. The number of carbonyl (C=O) groups is 1. The molecule has 0 spiro atoms. The highest BCUT2D eigenvalue weighted by Crippen LogP contribution is 2.25. The lowest BCUT2D eigenvalue weighted by Crippen LogP contribution is -2.15. The molecule has 0 aromatic carbocycles. The summed E-state index contributed by atoms with van der Waals surface area (Å²) in [6.07, 6.45) is 1.53. The number of unbranched alkanes of at least 4 members (excludes halogenated alkanes) is 1. The van der Waals surface area contributed by atoms with Crippen LogP contribution in [0.15, 0.2) is 0 Å². The number of aliphatic hydroxyl groups is 1. The van der Waals surface area contributed by atoms with Crippen LogP contribution in [-0.2, 0) is 0 Å². The lowest BCUT2D eigenvalue weighted by Gasteiger charge is -2.03. The summed E-state index contributed by atoms with van der Waals surface area (Å²) in [7, 11) is 0. The smallest absolute Gasteiger partial charge is 0.255 e. The quantitative estimate of drug-likeness (QED) is 0.514. The van der Waals surface area contributed by atoms with Gasteiger partial charge in [-0.2, -0.15) is 4.37 Å². The maximum Gasteiger partial charge on any atom is 0.255 e. The Morgan fingerprint density at radius 1 is 1.53 bits per heavy atom.